The van der Waals surface area contributed by atoms with Crippen molar-refractivity contribution in [2.75, 3.05) is 0 Å². The van der Waals surface area contributed by atoms with Crippen LogP contribution in [-0.4, -0.2) is 6.10 Å². The second-order valence-corrected chi connectivity index (χ2v) is 4.49. The van der Waals surface area contributed by atoms with Crippen LogP contribution >= 0.6 is 0 Å². The zero-order valence-corrected chi connectivity index (χ0v) is 8.05. The lowest BCUT2D eigenvalue weighted by molar-refractivity contribution is 0.0752. The lowest BCUT2D eigenvalue weighted by Crippen LogP contribution is -2.27. The molecule has 0 spiro atoms. The molecule has 1 nitrogen and oxygen atoms in total. The Morgan fingerprint density at radius 2 is 2.08 bits per heavy atom. The minimum Gasteiger partial charge on any atom is -0.495 e. The lowest BCUT2D eigenvalue weighted by Gasteiger charge is -2.29. The van der Waals surface area contributed by atoms with Crippen molar-refractivity contribution >= 4 is 0 Å². The second-order valence-electron chi connectivity index (χ2n) is 4.49. The van der Waals surface area contributed by atoms with Crippen LogP contribution in [0.2, 0.25) is 0 Å². The van der Waals surface area contributed by atoms with E-state index in [-0.39, 0.29) is 0 Å². The number of rotatable bonds is 0. The molecule has 2 rings (SSSR count). The molecule has 0 N–H and O–H groups in total. The van der Waals surface area contributed by atoms with Crippen LogP contribution in [0, 0.1) is 17.8 Å². The third-order valence-corrected chi connectivity index (χ3v) is 3.56. The topological polar surface area (TPSA) is 9.23 Å². The Hall–Kier alpha value is -0.460. The van der Waals surface area contributed by atoms with Crippen LogP contribution < -0.4 is 0 Å². The van der Waals surface area contributed by atoms with Gasteiger partial charge in [0.25, 0.3) is 0 Å². The Morgan fingerprint density at radius 1 is 1.33 bits per heavy atom. The minimum atomic E-state index is 0.497. The van der Waals surface area contributed by atoms with Crippen molar-refractivity contribution < 1.29 is 4.74 Å². The molecule has 1 heterocycles. The largest absolute Gasteiger partial charge is 0.495 e. The number of hydrogen-bond acceptors (Lipinski definition) is 1. The van der Waals surface area contributed by atoms with Gasteiger partial charge in [-0.05, 0) is 18.8 Å². The maximum absolute atomic E-state index is 5.75. The van der Waals surface area contributed by atoms with Crippen molar-refractivity contribution in [2.45, 2.75) is 39.2 Å². The second kappa shape index (κ2) is 2.79. The van der Waals surface area contributed by atoms with Gasteiger partial charge < -0.3 is 4.74 Å². The quantitative estimate of drug-likeness (QED) is 0.537. The first-order valence-corrected chi connectivity index (χ1v) is 5.04. The van der Waals surface area contributed by atoms with Gasteiger partial charge in [0.1, 0.15) is 6.10 Å². The summed E-state index contributed by atoms with van der Waals surface area (Å²) in [4.78, 5) is 0. The molecule has 0 bridgehead atoms. The number of fused-ring (bicyclic) bond motifs is 1. The van der Waals surface area contributed by atoms with Gasteiger partial charge in [-0.2, -0.15) is 0 Å². The monoisotopic (exact) mass is 166 g/mol. The normalized spacial score (nSPS) is 47.0. The summed E-state index contributed by atoms with van der Waals surface area (Å²) in [6.07, 6.45) is 4.46. The molecule has 12 heavy (non-hydrogen) atoms. The first-order chi connectivity index (χ1) is 5.68. The van der Waals surface area contributed by atoms with Gasteiger partial charge in [0.15, 0.2) is 0 Å². The van der Waals surface area contributed by atoms with E-state index in [9.17, 15) is 0 Å². The third-order valence-electron chi connectivity index (χ3n) is 3.56. The molecule has 2 aliphatic rings. The number of allylic oxidation sites excluding steroid dienone is 1. The van der Waals surface area contributed by atoms with Gasteiger partial charge in [0, 0.05) is 11.8 Å². The van der Waals surface area contributed by atoms with Crippen LogP contribution in [0.15, 0.2) is 12.3 Å². The van der Waals surface area contributed by atoms with Crippen LogP contribution in [-0.2, 0) is 4.74 Å². The van der Waals surface area contributed by atoms with E-state index in [0.29, 0.717) is 12.0 Å². The van der Waals surface area contributed by atoms with Gasteiger partial charge in [0.2, 0.25) is 0 Å². The molecule has 4 atom stereocenters. The molecule has 0 amide bonds. The molecule has 1 aliphatic heterocycles. The zero-order chi connectivity index (χ0) is 8.72. The first kappa shape index (κ1) is 8.15. The van der Waals surface area contributed by atoms with Crippen molar-refractivity contribution in [3.63, 3.8) is 0 Å². The van der Waals surface area contributed by atoms with Crippen LogP contribution in [0.3, 0.4) is 0 Å². The third kappa shape index (κ3) is 1.16. The summed E-state index contributed by atoms with van der Waals surface area (Å²) in [5, 5.41) is 0. The molecule has 1 saturated heterocycles. The summed E-state index contributed by atoms with van der Waals surface area (Å²) in [5.74, 6) is 3.25. The lowest BCUT2D eigenvalue weighted by atomic mass is 9.76. The van der Waals surface area contributed by atoms with Gasteiger partial charge in [-0.25, -0.2) is 0 Å². The first-order valence-electron chi connectivity index (χ1n) is 5.04. The van der Waals surface area contributed by atoms with Crippen molar-refractivity contribution in [1.82, 2.24) is 0 Å². The summed E-state index contributed by atoms with van der Waals surface area (Å²) in [5.41, 5.74) is 0. The SMILES string of the molecule is C=C1O[C@@H]2C[C@H](C)CC[C@H]2[C@H]1C. The maximum Gasteiger partial charge on any atom is 0.102 e. The van der Waals surface area contributed by atoms with E-state index in [2.05, 4.69) is 20.4 Å². The van der Waals surface area contributed by atoms with E-state index >= 15 is 0 Å². The molecule has 0 unspecified atom stereocenters. The van der Waals surface area contributed by atoms with E-state index in [4.69, 9.17) is 4.74 Å². The summed E-state index contributed by atoms with van der Waals surface area (Å²) < 4.78 is 5.75. The van der Waals surface area contributed by atoms with E-state index < -0.39 is 0 Å². The molecular formula is C11H18O. The standard InChI is InChI=1S/C11H18O/c1-7-4-5-10-8(2)9(3)12-11(10)6-7/h7-8,10-11H,3-6H2,1-2H3/t7-,8+,10+,11-/m1/s1. The summed E-state index contributed by atoms with van der Waals surface area (Å²) in [6, 6.07) is 0. The fourth-order valence-corrected chi connectivity index (χ4v) is 2.60. The van der Waals surface area contributed by atoms with Crippen LogP contribution in [0.5, 0.6) is 0 Å². The Labute approximate surface area is 74.8 Å². The van der Waals surface area contributed by atoms with E-state index in [1.165, 1.54) is 19.3 Å². The Morgan fingerprint density at radius 3 is 2.83 bits per heavy atom. The van der Waals surface area contributed by atoms with Gasteiger partial charge in [-0.1, -0.05) is 26.8 Å². The molecule has 0 aromatic carbocycles. The highest BCUT2D eigenvalue weighted by molar-refractivity contribution is 5.03. The Kier molecular flexibility index (Phi) is 1.90. The number of hydrogen-bond donors (Lipinski definition) is 0. The predicted octanol–water partition coefficient (Wildman–Crippen LogP) is 2.97. The molecule has 1 heteroatoms. The molecule has 1 saturated carbocycles. The fourth-order valence-electron chi connectivity index (χ4n) is 2.60. The molecule has 2 fully saturated rings. The van der Waals surface area contributed by atoms with Gasteiger partial charge >= 0.3 is 0 Å². The highest BCUT2D eigenvalue weighted by Gasteiger charge is 2.40. The van der Waals surface area contributed by atoms with Gasteiger partial charge in [0.05, 0.1) is 5.76 Å². The average Bonchev–Trinajstić information content (AvgIpc) is 2.28. The summed E-state index contributed by atoms with van der Waals surface area (Å²) >= 11 is 0. The molecule has 1 aliphatic carbocycles. The minimum absolute atomic E-state index is 0.497. The van der Waals surface area contributed by atoms with Crippen LogP contribution in [0.4, 0.5) is 0 Å². The Bertz CT molecular complexity index is 197. The van der Waals surface area contributed by atoms with E-state index in [1.807, 2.05) is 0 Å². The molecular weight excluding hydrogens is 148 g/mol. The van der Waals surface area contributed by atoms with Crippen molar-refractivity contribution in [2.24, 2.45) is 17.8 Å². The van der Waals surface area contributed by atoms with Crippen molar-refractivity contribution in [3.05, 3.63) is 12.3 Å². The van der Waals surface area contributed by atoms with Crippen LogP contribution in [0.1, 0.15) is 33.1 Å². The Balaban J connectivity index is 2.09. The molecule has 0 radical (unpaired) electrons. The smallest absolute Gasteiger partial charge is 0.102 e. The van der Waals surface area contributed by atoms with Crippen LogP contribution in [0.25, 0.3) is 0 Å². The summed E-state index contributed by atoms with van der Waals surface area (Å²) in [6.45, 7) is 8.54. The van der Waals surface area contributed by atoms with E-state index in [0.717, 1.165) is 17.6 Å². The number of ether oxygens (including phenoxy) is 1. The van der Waals surface area contributed by atoms with Gasteiger partial charge in [-0.3, -0.25) is 0 Å². The summed E-state index contributed by atoms with van der Waals surface area (Å²) in [7, 11) is 0. The van der Waals surface area contributed by atoms with Gasteiger partial charge in [-0.15, -0.1) is 0 Å². The maximum atomic E-state index is 5.75. The molecule has 0 aromatic rings. The average molecular weight is 166 g/mol. The molecule has 0 aromatic heterocycles. The zero-order valence-electron chi connectivity index (χ0n) is 8.05. The molecule has 68 valence electrons. The predicted molar refractivity (Wildman–Crippen MR) is 49.7 cm³/mol. The van der Waals surface area contributed by atoms with E-state index in [1.54, 1.807) is 0 Å². The fraction of sp³-hybridized carbons (Fsp3) is 0.818. The highest BCUT2D eigenvalue weighted by Crippen LogP contribution is 2.44. The van der Waals surface area contributed by atoms with Crippen molar-refractivity contribution in [1.29, 1.82) is 0 Å². The van der Waals surface area contributed by atoms with Crippen molar-refractivity contribution in [3.8, 4) is 0 Å². The highest BCUT2D eigenvalue weighted by atomic mass is 16.5.